The van der Waals surface area contributed by atoms with Crippen LogP contribution in [0.25, 0.3) is 11.0 Å². The summed E-state index contributed by atoms with van der Waals surface area (Å²) in [6.45, 7) is 4.62. The highest BCUT2D eigenvalue weighted by Crippen LogP contribution is 2.41. The summed E-state index contributed by atoms with van der Waals surface area (Å²) < 4.78 is 8.62. The first kappa shape index (κ1) is 12.2. The molecule has 3 rings (SSSR count). The average Bonchev–Trinajstić information content (AvgIpc) is 2.89. The van der Waals surface area contributed by atoms with Crippen molar-refractivity contribution in [2.75, 3.05) is 5.32 Å². The summed E-state index contributed by atoms with van der Waals surface area (Å²) in [5, 5.41) is 4.33. The van der Waals surface area contributed by atoms with E-state index in [2.05, 4.69) is 27.9 Å². The SMILES string of the molecule is CC1(C)CCCC1Nc1c(Cl)ccc2nsnc12. The third-order valence-corrected chi connectivity index (χ3v) is 4.81. The highest BCUT2D eigenvalue weighted by molar-refractivity contribution is 7.00. The van der Waals surface area contributed by atoms with Gasteiger partial charge in [0.2, 0.25) is 0 Å². The van der Waals surface area contributed by atoms with Crippen LogP contribution in [-0.2, 0) is 0 Å². The lowest BCUT2D eigenvalue weighted by molar-refractivity contribution is 0.350. The van der Waals surface area contributed by atoms with Gasteiger partial charge in [0, 0.05) is 6.04 Å². The van der Waals surface area contributed by atoms with Crippen LogP contribution in [0.15, 0.2) is 12.1 Å². The summed E-state index contributed by atoms with van der Waals surface area (Å²) in [4.78, 5) is 0. The first-order valence-corrected chi connectivity index (χ1v) is 7.36. The number of hydrogen-bond acceptors (Lipinski definition) is 4. The van der Waals surface area contributed by atoms with Crippen LogP contribution in [-0.4, -0.2) is 14.8 Å². The van der Waals surface area contributed by atoms with Crippen molar-refractivity contribution in [2.45, 2.75) is 39.2 Å². The maximum atomic E-state index is 6.31. The molecule has 1 aromatic carbocycles. The molecular formula is C13H16ClN3S. The van der Waals surface area contributed by atoms with E-state index >= 15 is 0 Å². The van der Waals surface area contributed by atoms with Crippen molar-refractivity contribution in [3.8, 4) is 0 Å². The molecule has 2 aromatic rings. The van der Waals surface area contributed by atoms with E-state index in [-0.39, 0.29) is 0 Å². The van der Waals surface area contributed by atoms with Crippen LogP contribution in [0.3, 0.4) is 0 Å². The van der Waals surface area contributed by atoms with Crippen molar-refractivity contribution in [1.29, 1.82) is 0 Å². The van der Waals surface area contributed by atoms with Gasteiger partial charge < -0.3 is 5.32 Å². The Kier molecular flexibility index (Phi) is 2.94. The molecule has 1 aromatic heterocycles. The van der Waals surface area contributed by atoms with E-state index in [0.717, 1.165) is 21.7 Å². The average molecular weight is 282 g/mol. The molecule has 0 radical (unpaired) electrons. The largest absolute Gasteiger partial charge is 0.379 e. The van der Waals surface area contributed by atoms with Gasteiger partial charge in [0.05, 0.1) is 22.4 Å². The Bertz CT molecular complexity index is 579. The van der Waals surface area contributed by atoms with Gasteiger partial charge in [-0.1, -0.05) is 31.9 Å². The standard InChI is InChI=1S/C13H16ClN3S/c1-13(2)7-3-4-10(13)15-11-8(14)5-6-9-12(11)17-18-16-9/h5-6,10,15H,3-4,7H2,1-2H3. The maximum Gasteiger partial charge on any atom is 0.129 e. The zero-order valence-electron chi connectivity index (χ0n) is 10.5. The van der Waals surface area contributed by atoms with Gasteiger partial charge in [-0.25, -0.2) is 0 Å². The van der Waals surface area contributed by atoms with Crippen LogP contribution < -0.4 is 5.32 Å². The summed E-state index contributed by atoms with van der Waals surface area (Å²) in [6, 6.07) is 4.28. The predicted octanol–water partition coefficient (Wildman–Crippen LogP) is 4.34. The van der Waals surface area contributed by atoms with E-state index in [4.69, 9.17) is 11.6 Å². The Labute approximate surface area is 116 Å². The first-order valence-electron chi connectivity index (χ1n) is 6.25. The lowest BCUT2D eigenvalue weighted by atomic mass is 9.87. The van der Waals surface area contributed by atoms with E-state index in [9.17, 15) is 0 Å². The Hall–Kier alpha value is -0.870. The molecule has 0 saturated heterocycles. The molecule has 1 fully saturated rings. The summed E-state index contributed by atoms with van der Waals surface area (Å²) in [5.41, 5.74) is 3.08. The molecule has 1 aliphatic rings. The molecule has 96 valence electrons. The molecule has 0 aliphatic heterocycles. The van der Waals surface area contributed by atoms with E-state index in [1.54, 1.807) is 0 Å². The third-order valence-electron chi connectivity index (χ3n) is 3.95. The number of nitrogens with zero attached hydrogens (tertiary/aromatic N) is 2. The van der Waals surface area contributed by atoms with Gasteiger partial charge in [-0.05, 0) is 30.4 Å². The molecule has 0 bridgehead atoms. The number of nitrogens with one attached hydrogen (secondary N) is 1. The highest BCUT2D eigenvalue weighted by Gasteiger charge is 2.35. The first-order chi connectivity index (χ1) is 8.58. The van der Waals surface area contributed by atoms with Gasteiger partial charge in [0.15, 0.2) is 0 Å². The number of halogens is 1. The molecule has 1 atom stereocenters. The van der Waals surface area contributed by atoms with Gasteiger partial charge in [-0.2, -0.15) is 8.75 Å². The predicted molar refractivity (Wildman–Crippen MR) is 77.5 cm³/mol. The molecule has 1 unspecified atom stereocenters. The fourth-order valence-corrected chi connectivity index (χ4v) is 3.48. The van der Waals surface area contributed by atoms with E-state index in [1.165, 1.54) is 31.0 Å². The van der Waals surface area contributed by atoms with Gasteiger partial charge in [0.1, 0.15) is 11.0 Å². The number of fused-ring (bicyclic) bond motifs is 1. The second-order valence-electron chi connectivity index (χ2n) is 5.63. The highest BCUT2D eigenvalue weighted by atomic mass is 35.5. The molecule has 1 N–H and O–H groups in total. The van der Waals surface area contributed by atoms with E-state index in [1.807, 2.05) is 12.1 Å². The van der Waals surface area contributed by atoms with E-state index < -0.39 is 0 Å². The monoisotopic (exact) mass is 281 g/mol. The van der Waals surface area contributed by atoms with Crippen molar-refractivity contribution < 1.29 is 0 Å². The third kappa shape index (κ3) is 1.97. The summed E-state index contributed by atoms with van der Waals surface area (Å²) in [7, 11) is 0. The number of anilines is 1. The van der Waals surface area contributed by atoms with Crippen LogP contribution in [0, 0.1) is 5.41 Å². The molecule has 0 spiro atoms. The number of aromatic nitrogens is 2. The Morgan fingerprint density at radius 1 is 1.39 bits per heavy atom. The normalized spacial score (nSPS) is 22.5. The molecule has 18 heavy (non-hydrogen) atoms. The Morgan fingerprint density at radius 2 is 2.22 bits per heavy atom. The Balaban J connectivity index is 1.99. The summed E-state index contributed by atoms with van der Waals surface area (Å²) >= 11 is 7.54. The fourth-order valence-electron chi connectivity index (χ4n) is 2.73. The zero-order chi connectivity index (χ0) is 12.8. The zero-order valence-corrected chi connectivity index (χ0v) is 12.1. The minimum absolute atomic E-state index is 0.314. The number of hydrogen-bond donors (Lipinski definition) is 1. The maximum absolute atomic E-state index is 6.31. The van der Waals surface area contributed by atoms with Gasteiger partial charge in [-0.15, -0.1) is 0 Å². The van der Waals surface area contributed by atoms with Crippen LogP contribution in [0.2, 0.25) is 5.02 Å². The second-order valence-corrected chi connectivity index (χ2v) is 6.57. The second kappa shape index (κ2) is 4.35. The smallest absolute Gasteiger partial charge is 0.129 e. The lowest BCUT2D eigenvalue weighted by Gasteiger charge is -2.29. The number of rotatable bonds is 2. The molecule has 0 amide bonds. The van der Waals surface area contributed by atoms with Crippen LogP contribution >= 0.6 is 23.3 Å². The van der Waals surface area contributed by atoms with Crippen molar-refractivity contribution in [3.63, 3.8) is 0 Å². The van der Waals surface area contributed by atoms with Crippen molar-refractivity contribution in [1.82, 2.24) is 8.75 Å². The van der Waals surface area contributed by atoms with Crippen molar-refractivity contribution in [3.05, 3.63) is 17.2 Å². The fraction of sp³-hybridized carbons (Fsp3) is 0.538. The van der Waals surface area contributed by atoms with Crippen LogP contribution in [0.1, 0.15) is 33.1 Å². The molecule has 1 aliphatic carbocycles. The summed E-state index contributed by atoms with van der Waals surface area (Å²) in [5.74, 6) is 0. The molecule has 1 heterocycles. The van der Waals surface area contributed by atoms with Crippen LogP contribution in [0.4, 0.5) is 5.69 Å². The van der Waals surface area contributed by atoms with Crippen molar-refractivity contribution in [2.24, 2.45) is 5.41 Å². The number of benzene rings is 1. The van der Waals surface area contributed by atoms with Gasteiger partial charge in [0.25, 0.3) is 0 Å². The quantitative estimate of drug-likeness (QED) is 0.890. The van der Waals surface area contributed by atoms with Crippen LogP contribution in [0.5, 0.6) is 0 Å². The lowest BCUT2D eigenvalue weighted by Crippen LogP contribution is -2.31. The van der Waals surface area contributed by atoms with Gasteiger partial charge >= 0.3 is 0 Å². The molecule has 1 saturated carbocycles. The minimum atomic E-state index is 0.314. The minimum Gasteiger partial charge on any atom is -0.379 e. The molecule has 3 nitrogen and oxygen atoms in total. The topological polar surface area (TPSA) is 37.8 Å². The van der Waals surface area contributed by atoms with Crippen molar-refractivity contribution >= 4 is 40.0 Å². The molecular weight excluding hydrogens is 266 g/mol. The summed E-state index contributed by atoms with van der Waals surface area (Å²) in [6.07, 6.45) is 3.72. The Morgan fingerprint density at radius 3 is 2.94 bits per heavy atom. The van der Waals surface area contributed by atoms with Gasteiger partial charge in [-0.3, -0.25) is 0 Å². The molecule has 5 heteroatoms. The van der Waals surface area contributed by atoms with E-state index in [0.29, 0.717) is 11.5 Å².